The van der Waals surface area contributed by atoms with Crippen molar-refractivity contribution in [2.45, 2.75) is 33.7 Å². The summed E-state index contributed by atoms with van der Waals surface area (Å²) in [4.78, 5) is 0. The zero-order valence-electron chi connectivity index (χ0n) is 7.18. The molecule has 0 fully saturated rings. The minimum Gasteiger partial charge on any atom is -0.326 e. The van der Waals surface area contributed by atoms with Crippen LogP contribution in [0.15, 0.2) is 0 Å². The standard InChI is InChI=1S/C8H16N2/c1-6(2)7(10)8(3,4)5-9/h6-7H,10H2,1-4H3. The van der Waals surface area contributed by atoms with Gasteiger partial charge in [-0.3, -0.25) is 0 Å². The Morgan fingerprint density at radius 3 is 1.90 bits per heavy atom. The summed E-state index contributed by atoms with van der Waals surface area (Å²) in [5.74, 6) is 0.370. The van der Waals surface area contributed by atoms with Gasteiger partial charge in [-0.25, -0.2) is 0 Å². The molecule has 2 N–H and O–H groups in total. The molecule has 0 aliphatic carbocycles. The minimum absolute atomic E-state index is 0.0301. The lowest BCUT2D eigenvalue weighted by Gasteiger charge is -2.27. The van der Waals surface area contributed by atoms with E-state index in [0.717, 1.165) is 0 Å². The van der Waals surface area contributed by atoms with Gasteiger partial charge >= 0.3 is 0 Å². The van der Waals surface area contributed by atoms with Crippen molar-refractivity contribution in [2.24, 2.45) is 17.1 Å². The summed E-state index contributed by atoms with van der Waals surface area (Å²) in [6, 6.07) is 2.17. The van der Waals surface area contributed by atoms with E-state index in [9.17, 15) is 0 Å². The van der Waals surface area contributed by atoms with Gasteiger partial charge in [0.1, 0.15) is 0 Å². The van der Waals surface area contributed by atoms with Crippen molar-refractivity contribution >= 4 is 0 Å². The van der Waals surface area contributed by atoms with Gasteiger partial charge in [-0.2, -0.15) is 5.26 Å². The maximum Gasteiger partial charge on any atom is 0.0700 e. The molecule has 0 aromatic rings. The SMILES string of the molecule is CC(C)C(N)C(C)(C)C#N. The van der Waals surface area contributed by atoms with Crippen LogP contribution in [-0.2, 0) is 0 Å². The Hall–Kier alpha value is -0.550. The van der Waals surface area contributed by atoms with Crippen LogP contribution in [0.1, 0.15) is 27.7 Å². The van der Waals surface area contributed by atoms with Crippen LogP contribution < -0.4 is 5.73 Å². The normalized spacial score (nSPS) is 14.9. The summed E-state index contributed by atoms with van der Waals surface area (Å²) in [5.41, 5.74) is 5.39. The third-order valence-corrected chi connectivity index (χ3v) is 1.84. The molecule has 0 aliphatic rings. The first kappa shape index (κ1) is 9.45. The average Bonchev–Trinajstić information content (AvgIpc) is 1.86. The predicted molar refractivity (Wildman–Crippen MR) is 42.2 cm³/mol. The van der Waals surface area contributed by atoms with Gasteiger partial charge in [-0.1, -0.05) is 13.8 Å². The van der Waals surface area contributed by atoms with Crippen LogP contribution in [0.2, 0.25) is 0 Å². The topological polar surface area (TPSA) is 49.8 Å². The fourth-order valence-electron chi connectivity index (χ4n) is 0.908. The molecule has 0 rings (SSSR count). The summed E-state index contributed by atoms with van der Waals surface area (Å²) < 4.78 is 0. The van der Waals surface area contributed by atoms with Crippen molar-refractivity contribution in [3.8, 4) is 6.07 Å². The molecule has 2 heteroatoms. The Kier molecular flexibility index (Phi) is 2.86. The van der Waals surface area contributed by atoms with Gasteiger partial charge in [0.2, 0.25) is 0 Å². The number of rotatable bonds is 2. The zero-order chi connectivity index (χ0) is 8.36. The number of hydrogen-bond donors (Lipinski definition) is 1. The van der Waals surface area contributed by atoms with Crippen LogP contribution in [0.5, 0.6) is 0 Å². The fraction of sp³-hybridized carbons (Fsp3) is 0.875. The summed E-state index contributed by atoms with van der Waals surface area (Å²) in [5, 5.41) is 8.68. The summed E-state index contributed by atoms with van der Waals surface area (Å²) >= 11 is 0. The maximum atomic E-state index is 8.68. The van der Waals surface area contributed by atoms with Crippen LogP contribution in [0.3, 0.4) is 0 Å². The molecule has 0 amide bonds. The molecule has 1 atom stereocenters. The highest BCUT2D eigenvalue weighted by Crippen LogP contribution is 2.22. The molecule has 10 heavy (non-hydrogen) atoms. The second-order valence-corrected chi connectivity index (χ2v) is 3.60. The number of hydrogen-bond acceptors (Lipinski definition) is 2. The Balaban J connectivity index is 4.22. The fourth-order valence-corrected chi connectivity index (χ4v) is 0.908. The molecule has 0 aliphatic heterocycles. The molecule has 0 heterocycles. The van der Waals surface area contributed by atoms with Gasteiger partial charge in [0.05, 0.1) is 11.5 Å². The Morgan fingerprint density at radius 1 is 1.40 bits per heavy atom. The highest BCUT2D eigenvalue weighted by Gasteiger charge is 2.28. The first-order valence-electron chi connectivity index (χ1n) is 3.58. The minimum atomic E-state index is -0.395. The molecular formula is C8H16N2. The van der Waals surface area contributed by atoms with E-state index in [0.29, 0.717) is 5.92 Å². The van der Waals surface area contributed by atoms with E-state index in [2.05, 4.69) is 6.07 Å². The Labute approximate surface area is 63.0 Å². The van der Waals surface area contributed by atoms with E-state index in [-0.39, 0.29) is 6.04 Å². The molecular weight excluding hydrogens is 124 g/mol. The molecule has 58 valence electrons. The Morgan fingerprint density at radius 2 is 1.80 bits per heavy atom. The molecule has 0 saturated carbocycles. The maximum absolute atomic E-state index is 8.68. The van der Waals surface area contributed by atoms with Crippen molar-refractivity contribution in [3.63, 3.8) is 0 Å². The molecule has 0 bridgehead atoms. The monoisotopic (exact) mass is 140 g/mol. The third-order valence-electron chi connectivity index (χ3n) is 1.84. The molecule has 0 aromatic carbocycles. The lowest BCUT2D eigenvalue weighted by Crippen LogP contribution is -2.40. The number of nitriles is 1. The predicted octanol–water partition coefficient (Wildman–Crippen LogP) is 1.52. The second-order valence-electron chi connectivity index (χ2n) is 3.60. The van der Waals surface area contributed by atoms with Crippen molar-refractivity contribution < 1.29 is 0 Å². The largest absolute Gasteiger partial charge is 0.326 e. The smallest absolute Gasteiger partial charge is 0.0700 e. The summed E-state index contributed by atoms with van der Waals surface area (Å²) in [6.45, 7) is 7.81. The molecule has 0 aromatic heterocycles. The zero-order valence-corrected chi connectivity index (χ0v) is 7.18. The Bertz CT molecular complexity index is 142. The third kappa shape index (κ3) is 2.00. The highest BCUT2D eigenvalue weighted by atomic mass is 14.7. The van der Waals surface area contributed by atoms with Crippen molar-refractivity contribution in [1.82, 2.24) is 0 Å². The first-order chi connectivity index (χ1) is 4.41. The van der Waals surface area contributed by atoms with Crippen molar-refractivity contribution in [2.75, 3.05) is 0 Å². The molecule has 2 nitrogen and oxygen atoms in total. The lowest BCUT2D eigenvalue weighted by atomic mass is 9.80. The van der Waals surface area contributed by atoms with E-state index in [1.54, 1.807) is 0 Å². The summed E-state index contributed by atoms with van der Waals surface area (Å²) in [7, 11) is 0. The van der Waals surface area contributed by atoms with Crippen LogP contribution in [0.25, 0.3) is 0 Å². The summed E-state index contributed by atoms with van der Waals surface area (Å²) in [6.07, 6.45) is 0. The van der Waals surface area contributed by atoms with Gasteiger partial charge in [0, 0.05) is 6.04 Å². The molecule has 0 radical (unpaired) electrons. The molecule has 0 saturated heterocycles. The van der Waals surface area contributed by atoms with Gasteiger partial charge in [0.15, 0.2) is 0 Å². The van der Waals surface area contributed by atoms with Crippen molar-refractivity contribution in [1.29, 1.82) is 5.26 Å². The van der Waals surface area contributed by atoms with Crippen LogP contribution in [0, 0.1) is 22.7 Å². The highest BCUT2D eigenvalue weighted by molar-refractivity contribution is 5.00. The number of nitrogens with two attached hydrogens (primary N) is 1. The van der Waals surface area contributed by atoms with Gasteiger partial charge in [-0.15, -0.1) is 0 Å². The average molecular weight is 140 g/mol. The van der Waals surface area contributed by atoms with E-state index in [1.165, 1.54) is 0 Å². The number of nitrogens with zero attached hydrogens (tertiary/aromatic N) is 1. The first-order valence-corrected chi connectivity index (χ1v) is 3.58. The van der Waals surface area contributed by atoms with E-state index >= 15 is 0 Å². The molecule has 1 unspecified atom stereocenters. The van der Waals surface area contributed by atoms with E-state index in [1.807, 2.05) is 27.7 Å². The van der Waals surface area contributed by atoms with Gasteiger partial charge in [0.25, 0.3) is 0 Å². The van der Waals surface area contributed by atoms with Crippen LogP contribution in [-0.4, -0.2) is 6.04 Å². The van der Waals surface area contributed by atoms with E-state index < -0.39 is 5.41 Å². The van der Waals surface area contributed by atoms with Crippen LogP contribution in [0.4, 0.5) is 0 Å². The quantitative estimate of drug-likeness (QED) is 0.632. The second kappa shape index (κ2) is 3.03. The lowest BCUT2D eigenvalue weighted by molar-refractivity contribution is 0.308. The van der Waals surface area contributed by atoms with Gasteiger partial charge < -0.3 is 5.73 Å². The van der Waals surface area contributed by atoms with Crippen LogP contribution >= 0.6 is 0 Å². The van der Waals surface area contributed by atoms with Crippen molar-refractivity contribution in [3.05, 3.63) is 0 Å². The van der Waals surface area contributed by atoms with E-state index in [4.69, 9.17) is 11.0 Å². The molecule has 0 spiro atoms. The van der Waals surface area contributed by atoms with Gasteiger partial charge in [-0.05, 0) is 19.8 Å².